The zero-order valence-electron chi connectivity index (χ0n) is 19.4. The van der Waals surface area contributed by atoms with Crippen LogP contribution in [0.25, 0.3) is 5.57 Å². The summed E-state index contributed by atoms with van der Waals surface area (Å²) in [6.45, 7) is 9.98. The van der Waals surface area contributed by atoms with Crippen molar-refractivity contribution in [2.24, 2.45) is 5.41 Å². The summed E-state index contributed by atoms with van der Waals surface area (Å²) in [5.74, 6) is -2.79. The van der Waals surface area contributed by atoms with Crippen LogP contribution in [0.15, 0.2) is 12.1 Å². The number of carbonyl (C=O) groups excluding carboxylic acids is 3. The minimum absolute atomic E-state index is 0.0196. The summed E-state index contributed by atoms with van der Waals surface area (Å²) in [7, 11) is 0. The molecule has 0 bridgehead atoms. The normalized spacial score (nSPS) is 17.6. The van der Waals surface area contributed by atoms with Crippen LogP contribution >= 0.6 is 0 Å². The minimum Gasteiger partial charge on any atom is -0.466 e. The van der Waals surface area contributed by atoms with E-state index in [0.717, 1.165) is 11.0 Å². The summed E-state index contributed by atoms with van der Waals surface area (Å²) in [6.07, 6.45) is 2.48. The Labute approximate surface area is 187 Å². The number of esters is 1. The lowest BCUT2D eigenvalue weighted by Gasteiger charge is -2.32. The predicted molar refractivity (Wildman–Crippen MR) is 117 cm³/mol. The first kappa shape index (κ1) is 23.9. The molecule has 1 heterocycles. The molecule has 2 aliphatic rings. The third-order valence-electron chi connectivity index (χ3n) is 6.38. The van der Waals surface area contributed by atoms with Crippen LogP contribution in [0.2, 0.25) is 0 Å². The quantitative estimate of drug-likeness (QED) is 0.613. The molecule has 2 amide bonds. The molecule has 1 aromatic carbocycles. The van der Waals surface area contributed by atoms with E-state index in [2.05, 4.69) is 5.32 Å². The van der Waals surface area contributed by atoms with Crippen LogP contribution in [0.3, 0.4) is 0 Å². The van der Waals surface area contributed by atoms with Gasteiger partial charge in [0.15, 0.2) is 0 Å². The number of hydrogen-bond acceptors (Lipinski definition) is 4. The fraction of sp³-hybridized carbons (Fsp3) is 0.542. The van der Waals surface area contributed by atoms with E-state index in [-0.39, 0.29) is 35.8 Å². The molecule has 0 fully saturated rings. The Morgan fingerprint density at radius 1 is 1.31 bits per heavy atom. The number of hydrogen-bond donors (Lipinski definition) is 1. The van der Waals surface area contributed by atoms with Gasteiger partial charge in [0, 0.05) is 17.2 Å². The van der Waals surface area contributed by atoms with Crippen LogP contribution in [0.1, 0.15) is 65.5 Å². The smallest absolute Gasteiger partial charge is 0.306 e. The van der Waals surface area contributed by atoms with Crippen LogP contribution in [0.5, 0.6) is 0 Å². The number of halogens is 2. The highest BCUT2D eigenvalue weighted by Gasteiger charge is 2.49. The van der Waals surface area contributed by atoms with Gasteiger partial charge in [-0.3, -0.25) is 19.3 Å². The third-order valence-corrected chi connectivity index (χ3v) is 6.38. The number of nitrogens with zero attached hydrogens (tertiary/aromatic N) is 1. The number of fused-ring (bicyclic) bond motifs is 1. The van der Waals surface area contributed by atoms with Gasteiger partial charge in [-0.25, -0.2) is 8.78 Å². The molecule has 6 nitrogen and oxygen atoms in total. The fourth-order valence-corrected chi connectivity index (χ4v) is 4.02. The van der Waals surface area contributed by atoms with Crippen molar-refractivity contribution in [1.82, 2.24) is 5.32 Å². The van der Waals surface area contributed by atoms with Crippen LogP contribution < -0.4 is 10.2 Å². The first-order valence-electron chi connectivity index (χ1n) is 10.8. The average molecular weight is 449 g/mol. The largest absolute Gasteiger partial charge is 0.466 e. The van der Waals surface area contributed by atoms with E-state index in [0.29, 0.717) is 12.0 Å². The standard InChI is InChI=1S/C24H30F2N2O4/c1-7-32-18(30)11-23(3,4)13(2)27-17(29)12-28-21-16(25)10-15(14-8-9-14)20(26)19(21)24(5,6)22(28)31/h8,10,13H,7,9,11-12H2,1-6H3,(H,27,29). The number of nitrogens with one attached hydrogen (secondary N) is 1. The van der Waals surface area contributed by atoms with E-state index >= 15 is 8.78 Å². The number of carbonyl (C=O) groups is 3. The van der Waals surface area contributed by atoms with Gasteiger partial charge in [0.25, 0.3) is 0 Å². The van der Waals surface area contributed by atoms with Gasteiger partial charge in [0.1, 0.15) is 18.2 Å². The second-order valence-electron chi connectivity index (χ2n) is 9.65. The van der Waals surface area contributed by atoms with E-state index in [9.17, 15) is 14.4 Å². The maximum atomic E-state index is 15.2. The summed E-state index contributed by atoms with van der Waals surface area (Å²) in [6, 6.07) is 0.660. The Morgan fingerprint density at radius 2 is 1.94 bits per heavy atom. The molecule has 0 saturated heterocycles. The maximum absolute atomic E-state index is 15.2. The van der Waals surface area contributed by atoms with Crippen molar-refractivity contribution in [3.63, 3.8) is 0 Å². The summed E-state index contributed by atoms with van der Waals surface area (Å²) >= 11 is 0. The van der Waals surface area contributed by atoms with Crippen molar-refractivity contribution in [3.05, 3.63) is 34.9 Å². The molecule has 0 spiro atoms. The number of amides is 2. The molecule has 1 atom stereocenters. The Kier molecular flexibility index (Phi) is 6.19. The second kappa shape index (κ2) is 8.30. The number of allylic oxidation sites excluding steroid dienone is 2. The van der Waals surface area contributed by atoms with E-state index in [1.54, 1.807) is 19.9 Å². The van der Waals surface area contributed by atoms with Gasteiger partial charge < -0.3 is 10.1 Å². The molecule has 1 aliphatic carbocycles. The summed E-state index contributed by atoms with van der Waals surface area (Å²) in [4.78, 5) is 38.7. The molecule has 1 aromatic rings. The zero-order valence-corrected chi connectivity index (χ0v) is 19.4. The second-order valence-corrected chi connectivity index (χ2v) is 9.65. The van der Waals surface area contributed by atoms with Crippen molar-refractivity contribution < 1.29 is 27.9 Å². The van der Waals surface area contributed by atoms with Crippen LogP contribution in [-0.4, -0.2) is 37.0 Å². The maximum Gasteiger partial charge on any atom is 0.306 e. The number of benzene rings is 1. The summed E-state index contributed by atoms with van der Waals surface area (Å²) in [5, 5.41) is 2.78. The lowest BCUT2D eigenvalue weighted by Crippen LogP contribution is -2.49. The van der Waals surface area contributed by atoms with Crippen LogP contribution in [-0.2, 0) is 24.5 Å². The number of anilines is 1. The molecular weight excluding hydrogens is 418 g/mol. The van der Waals surface area contributed by atoms with Gasteiger partial charge in [-0.2, -0.15) is 0 Å². The average Bonchev–Trinajstić information content (AvgIpc) is 3.48. The first-order valence-corrected chi connectivity index (χ1v) is 10.8. The Morgan fingerprint density at radius 3 is 2.50 bits per heavy atom. The predicted octanol–water partition coefficient (Wildman–Crippen LogP) is 3.86. The summed E-state index contributed by atoms with van der Waals surface area (Å²) < 4.78 is 35.3. The van der Waals surface area contributed by atoms with Crippen LogP contribution in [0.4, 0.5) is 14.5 Å². The Hall–Kier alpha value is -2.77. The molecule has 1 unspecified atom stereocenters. The van der Waals surface area contributed by atoms with Crippen molar-refractivity contribution >= 4 is 29.0 Å². The third kappa shape index (κ3) is 4.27. The van der Waals surface area contributed by atoms with E-state index in [1.165, 1.54) is 13.8 Å². The van der Waals surface area contributed by atoms with Crippen molar-refractivity contribution in [3.8, 4) is 0 Å². The van der Waals surface area contributed by atoms with Gasteiger partial charge in [-0.05, 0) is 51.2 Å². The van der Waals surface area contributed by atoms with E-state index in [1.807, 2.05) is 13.8 Å². The molecule has 3 rings (SSSR count). The van der Waals surface area contributed by atoms with E-state index in [4.69, 9.17) is 4.74 Å². The Bertz CT molecular complexity index is 1010. The first-order chi connectivity index (χ1) is 14.8. The van der Waals surface area contributed by atoms with Crippen molar-refractivity contribution in [2.75, 3.05) is 18.1 Å². The highest BCUT2D eigenvalue weighted by Crippen LogP contribution is 2.48. The van der Waals surface area contributed by atoms with Crippen LogP contribution in [0, 0.1) is 17.0 Å². The highest BCUT2D eigenvalue weighted by molar-refractivity contribution is 6.10. The topological polar surface area (TPSA) is 75.7 Å². The molecule has 8 heteroatoms. The molecule has 0 aromatic heterocycles. The van der Waals surface area contributed by atoms with Gasteiger partial charge in [-0.1, -0.05) is 19.9 Å². The van der Waals surface area contributed by atoms with Gasteiger partial charge >= 0.3 is 5.97 Å². The lowest BCUT2D eigenvalue weighted by atomic mass is 9.82. The van der Waals surface area contributed by atoms with Gasteiger partial charge in [0.2, 0.25) is 11.8 Å². The monoisotopic (exact) mass is 448 g/mol. The molecular formula is C24H30F2N2O4. The summed E-state index contributed by atoms with van der Waals surface area (Å²) in [5.41, 5.74) is -1.24. The molecule has 0 saturated carbocycles. The lowest BCUT2D eigenvalue weighted by molar-refractivity contribution is -0.146. The highest BCUT2D eigenvalue weighted by atomic mass is 19.1. The SMILES string of the molecule is CCOC(=O)CC(C)(C)C(C)NC(=O)CN1C(=O)C(C)(C)c2c(F)c(C3=CC3)cc(F)c21. The number of rotatable bonds is 8. The Balaban J connectivity index is 1.81. The van der Waals surface area contributed by atoms with Gasteiger partial charge in [0.05, 0.1) is 24.1 Å². The van der Waals surface area contributed by atoms with Crippen molar-refractivity contribution in [1.29, 1.82) is 0 Å². The van der Waals surface area contributed by atoms with Gasteiger partial charge in [-0.15, -0.1) is 0 Å². The van der Waals surface area contributed by atoms with Crippen molar-refractivity contribution in [2.45, 2.75) is 65.8 Å². The van der Waals surface area contributed by atoms with E-state index < -0.39 is 46.9 Å². The zero-order chi connectivity index (χ0) is 24.0. The molecule has 174 valence electrons. The fourth-order valence-electron chi connectivity index (χ4n) is 4.02. The molecule has 1 aliphatic heterocycles. The minimum atomic E-state index is -1.30. The molecule has 0 radical (unpaired) electrons. The molecule has 1 N–H and O–H groups in total. The molecule has 32 heavy (non-hydrogen) atoms. The number of ether oxygens (including phenoxy) is 1.